The first kappa shape index (κ1) is 60.1. The molecule has 380 valence electrons. The lowest BCUT2D eigenvalue weighted by Crippen LogP contribution is -2.47. The Kier molecular flexibility index (Phi) is 20.9. The molecule has 2 saturated heterocycles. The lowest BCUT2D eigenvalue weighted by molar-refractivity contribution is -0.182. The standard InChI is InChI=1S/C43H59Br4NO18.CH4/c1-37(2,44)30(51)60-18-42(10,19-61-31(52)38(3,4)45)35(56)64-22-41(9,23-65-36(57)43(11,20-62-32(53)39(5,6)46)21-63-33(54)40(7,8)47)34(55)59-17-16-58-15-14-48-28(49)26-24-12-13-25(66-24)27(26)29(48)50;/h12-13,24-27H,14-23H2,1-11H3;1H4/t24?,25?,26-,27+;. The highest BCUT2D eigenvalue weighted by Crippen LogP contribution is 2.45. The van der Waals surface area contributed by atoms with Gasteiger partial charge in [0.05, 0.1) is 43.8 Å². The van der Waals surface area contributed by atoms with Crippen LogP contribution in [0.2, 0.25) is 0 Å². The van der Waals surface area contributed by atoms with Gasteiger partial charge < -0.3 is 42.6 Å². The van der Waals surface area contributed by atoms with Crippen molar-refractivity contribution in [2.75, 3.05) is 66.0 Å². The van der Waals surface area contributed by atoms with Crippen molar-refractivity contribution in [2.45, 2.75) is 113 Å². The first-order valence-electron chi connectivity index (χ1n) is 20.8. The smallest absolute Gasteiger partial charge is 0.322 e. The van der Waals surface area contributed by atoms with Crippen LogP contribution in [0.1, 0.15) is 83.6 Å². The van der Waals surface area contributed by atoms with Crippen LogP contribution in [0, 0.1) is 28.1 Å². The summed E-state index contributed by atoms with van der Waals surface area (Å²) in [5, 5.41) is 0. The number of hydrogen-bond acceptors (Lipinski definition) is 18. The third kappa shape index (κ3) is 16.0. The summed E-state index contributed by atoms with van der Waals surface area (Å²) in [5.74, 6) is -8.09. The van der Waals surface area contributed by atoms with E-state index >= 15 is 0 Å². The monoisotopic (exact) mass is 1210 g/mol. The zero-order valence-electron chi connectivity index (χ0n) is 38.8. The van der Waals surface area contributed by atoms with Crippen LogP contribution in [-0.4, -0.2) is 154 Å². The van der Waals surface area contributed by atoms with Crippen molar-refractivity contribution >= 4 is 117 Å². The second kappa shape index (κ2) is 23.3. The molecule has 0 aromatic heterocycles. The van der Waals surface area contributed by atoms with Gasteiger partial charge in [-0.2, -0.15) is 0 Å². The van der Waals surface area contributed by atoms with Crippen LogP contribution in [0.3, 0.4) is 0 Å². The van der Waals surface area contributed by atoms with E-state index < -0.39 is 139 Å². The average Bonchev–Trinajstić information content (AvgIpc) is 3.91. The molecule has 0 radical (unpaired) electrons. The molecule has 0 aromatic carbocycles. The van der Waals surface area contributed by atoms with Gasteiger partial charge in [0.25, 0.3) is 0 Å². The maximum Gasteiger partial charge on any atom is 0.322 e. The summed E-state index contributed by atoms with van der Waals surface area (Å²) >= 11 is 12.8. The van der Waals surface area contributed by atoms with Gasteiger partial charge in [-0.3, -0.25) is 48.1 Å². The second-order valence-corrected chi connectivity index (χ2v) is 27.0. The average molecular weight is 1210 g/mol. The molecule has 19 nitrogen and oxygen atoms in total. The summed E-state index contributed by atoms with van der Waals surface area (Å²) in [5.41, 5.74) is -5.66. The number of carbonyl (C=O) groups excluding carboxylic acids is 9. The van der Waals surface area contributed by atoms with Crippen molar-refractivity contribution in [1.82, 2.24) is 4.90 Å². The molecule has 0 aliphatic carbocycles. The first-order valence-corrected chi connectivity index (χ1v) is 24.0. The minimum Gasteiger partial charge on any atom is -0.464 e. The number of esters is 7. The van der Waals surface area contributed by atoms with E-state index in [9.17, 15) is 43.2 Å². The molecule has 2 bridgehead atoms. The number of nitrogens with zero attached hydrogens (tertiary/aromatic N) is 1. The minimum atomic E-state index is -1.99. The Hall–Kier alpha value is -2.99. The van der Waals surface area contributed by atoms with Crippen molar-refractivity contribution in [3.05, 3.63) is 12.2 Å². The predicted molar refractivity (Wildman–Crippen MR) is 252 cm³/mol. The number of carbonyl (C=O) groups is 9. The van der Waals surface area contributed by atoms with E-state index in [0.717, 1.165) is 4.90 Å². The highest BCUT2D eigenvalue weighted by Gasteiger charge is 2.60. The highest BCUT2D eigenvalue weighted by atomic mass is 79.9. The third-order valence-electron chi connectivity index (χ3n) is 10.5. The third-order valence-corrected chi connectivity index (χ3v) is 11.8. The maximum atomic E-state index is 13.9. The minimum absolute atomic E-state index is 0. The van der Waals surface area contributed by atoms with Gasteiger partial charge in [0.1, 0.15) is 79.8 Å². The zero-order valence-corrected chi connectivity index (χ0v) is 45.2. The van der Waals surface area contributed by atoms with Crippen LogP contribution < -0.4 is 0 Å². The van der Waals surface area contributed by atoms with Gasteiger partial charge in [-0.1, -0.05) is 83.3 Å². The molecule has 3 heterocycles. The van der Waals surface area contributed by atoms with Crippen LogP contribution in [0.15, 0.2) is 12.2 Å². The Labute approximate surface area is 424 Å². The predicted octanol–water partition coefficient (Wildman–Crippen LogP) is 5.09. The van der Waals surface area contributed by atoms with Crippen LogP contribution in [0.25, 0.3) is 0 Å². The molecular formula is C44H63Br4NO18. The number of rotatable bonds is 25. The summed E-state index contributed by atoms with van der Waals surface area (Å²) in [6.45, 7) is 11.2. The van der Waals surface area contributed by atoms with Gasteiger partial charge in [-0.25, -0.2) is 0 Å². The number of alkyl halides is 4. The Morgan fingerprint density at radius 3 is 1.01 bits per heavy atom. The van der Waals surface area contributed by atoms with Gasteiger partial charge in [0.15, 0.2) is 0 Å². The largest absolute Gasteiger partial charge is 0.464 e. The summed E-state index contributed by atoms with van der Waals surface area (Å²) in [6, 6.07) is 0. The van der Waals surface area contributed by atoms with Gasteiger partial charge in [-0.05, 0) is 76.2 Å². The fourth-order valence-corrected chi connectivity index (χ4v) is 6.53. The Morgan fingerprint density at radius 2 is 0.731 bits per heavy atom. The van der Waals surface area contributed by atoms with Crippen molar-refractivity contribution in [3.8, 4) is 0 Å². The molecule has 0 saturated carbocycles. The van der Waals surface area contributed by atoms with E-state index in [1.807, 2.05) is 0 Å². The number of likely N-dealkylation sites (tertiary alicyclic amines) is 1. The number of imide groups is 1. The van der Waals surface area contributed by atoms with E-state index in [0.29, 0.717) is 0 Å². The van der Waals surface area contributed by atoms with E-state index in [4.69, 9.17) is 42.6 Å². The first-order chi connectivity index (χ1) is 30.1. The number of halogens is 4. The fraction of sp³-hybridized carbons (Fsp3) is 0.750. The van der Waals surface area contributed by atoms with Gasteiger partial charge >= 0.3 is 41.8 Å². The fourth-order valence-electron chi connectivity index (χ4n) is 6.07. The Balaban J connectivity index is 0.0000154. The molecule has 0 N–H and O–H groups in total. The molecule has 23 heteroatoms. The van der Waals surface area contributed by atoms with Crippen LogP contribution in [0.5, 0.6) is 0 Å². The number of ether oxygens (including phenoxy) is 9. The molecule has 2 fully saturated rings. The summed E-state index contributed by atoms with van der Waals surface area (Å²) < 4.78 is 45.0. The highest BCUT2D eigenvalue weighted by molar-refractivity contribution is 9.10. The molecule has 2 amide bonds. The topological polar surface area (TPSA) is 240 Å². The van der Waals surface area contributed by atoms with Gasteiger partial charge in [0, 0.05) is 0 Å². The summed E-state index contributed by atoms with van der Waals surface area (Å²) in [7, 11) is 0. The van der Waals surface area contributed by atoms with Crippen molar-refractivity contribution in [3.63, 3.8) is 0 Å². The van der Waals surface area contributed by atoms with Crippen molar-refractivity contribution in [2.24, 2.45) is 28.1 Å². The second-order valence-electron chi connectivity index (χ2n) is 19.1. The van der Waals surface area contributed by atoms with Crippen LogP contribution in [0.4, 0.5) is 0 Å². The SMILES string of the molecule is C.CC(C)(Br)C(=O)OCC(C)(COC(=O)C(C)(C)Br)C(=O)OCC(C)(COC(=O)C(C)(COC(=O)C(C)(C)Br)COC(=O)C(C)(C)Br)C(=O)OCCOCCN1C(=O)[C@@H]2C3C=CC(O3)[C@@H]2C1=O. The van der Waals surface area contributed by atoms with E-state index in [1.165, 1.54) is 76.2 Å². The van der Waals surface area contributed by atoms with Gasteiger partial charge in [0.2, 0.25) is 11.8 Å². The number of fused-ring (bicyclic) bond motifs is 5. The van der Waals surface area contributed by atoms with E-state index in [-0.39, 0.29) is 45.6 Å². The maximum absolute atomic E-state index is 13.9. The lowest BCUT2D eigenvalue weighted by atomic mass is 9.85. The van der Waals surface area contributed by atoms with Crippen molar-refractivity contribution in [1.29, 1.82) is 0 Å². The van der Waals surface area contributed by atoms with Gasteiger partial charge in [-0.15, -0.1) is 0 Å². The molecule has 0 aromatic rings. The summed E-state index contributed by atoms with van der Waals surface area (Å²) in [6.07, 6.45) is 2.66. The number of amides is 2. The molecule has 67 heavy (non-hydrogen) atoms. The van der Waals surface area contributed by atoms with Crippen LogP contribution in [-0.2, 0) is 85.8 Å². The molecule has 3 aliphatic rings. The molecule has 2 unspecified atom stereocenters. The molecule has 0 spiro atoms. The van der Waals surface area contributed by atoms with Crippen molar-refractivity contribution < 1.29 is 85.8 Å². The lowest BCUT2D eigenvalue weighted by Gasteiger charge is -2.33. The normalized spacial score (nSPS) is 19.5. The quantitative estimate of drug-likeness (QED) is 0.0289. The Bertz CT molecular complexity index is 1730. The molecular weight excluding hydrogens is 1150 g/mol. The zero-order chi connectivity index (χ0) is 50.4. The molecule has 4 atom stereocenters. The molecule has 3 aliphatic heterocycles. The number of hydrogen-bond donors (Lipinski definition) is 0. The molecule has 3 rings (SSSR count). The van der Waals surface area contributed by atoms with E-state index in [1.54, 1.807) is 12.2 Å². The van der Waals surface area contributed by atoms with Crippen LogP contribution >= 0.6 is 63.7 Å². The van der Waals surface area contributed by atoms with E-state index in [2.05, 4.69) is 63.7 Å². The summed E-state index contributed by atoms with van der Waals surface area (Å²) in [4.78, 5) is 120. The Morgan fingerprint density at radius 1 is 0.463 bits per heavy atom.